The van der Waals surface area contributed by atoms with Gasteiger partial charge in [0.25, 0.3) is 0 Å². The summed E-state index contributed by atoms with van der Waals surface area (Å²) in [4.78, 5) is 43.1. The second-order valence-corrected chi connectivity index (χ2v) is 3.40. The third-order valence-corrected chi connectivity index (χ3v) is 0. The average Bonchev–Trinajstić information content (AvgIpc) is 1.52. The van der Waals surface area contributed by atoms with Crippen molar-refractivity contribution >= 4 is 53.4 Å². The molecule has 0 aromatic carbocycles. The molecule has 0 bridgehead atoms. The Morgan fingerprint density at radius 3 is 0.929 bits per heavy atom. The molecule has 14 heavy (non-hydrogen) atoms. The molecule has 88 valence electrons. The molecule has 0 heterocycles. The Morgan fingerprint density at radius 1 is 0.929 bits per heavy atom. The summed E-state index contributed by atoms with van der Waals surface area (Å²) in [6, 6.07) is 0. The molecule has 0 aliphatic rings. The molecule has 0 atom stereocenters. The quantitative estimate of drug-likeness (QED) is 0.195. The molecule has 0 amide bonds. The van der Waals surface area contributed by atoms with Crippen molar-refractivity contribution in [1.29, 1.82) is 0 Å². The van der Waals surface area contributed by atoms with Crippen LogP contribution in [-0.2, 0) is 9.13 Å². The molecule has 0 spiro atoms. The second kappa shape index (κ2) is 12.5. The monoisotopic (exact) mass is 284 g/mol. The maximum absolute atomic E-state index is 8.88. The van der Waals surface area contributed by atoms with Crippen LogP contribution in [0, 0.1) is 0 Å². The number of hydrogen-bond acceptors (Lipinski definition) is 3. The van der Waals surface area contributed by atoms with Crippen LogP contribution < -0.4 is 0 Å². The summed E-state index contributed by atoms with van der Waals surface area (Å²) in [7, 11) is -9.28. The van der Waals surface area contributed by atoms with E-state index in [0.717, 1.165) is 0 Å². The molecule has 0 fully saturated rings. The van der Waals surface area contributed by atoms with Crippen molar-refractivity contribution in [2.45, 2.75) is 6.92 Å². The van der Waals surface area contributed by atoms with Gasteiger partial charge in [0.1, 0.15) is 0 Å². The van der Waals surface area contributed by atoms with Gasteiger partial charge in [-0.05, 0) is 6.92 Å². The molecule has 0 aliphatic heterocycles. The van der Waals surface area contributed by atoms with Crippen LogP contribution >= 0.6 is 15.6 Å². The van der Waals surface area contributed by atoms with Crippen molar-refractivity contribution in [2.75, 3.05) is 6.61 Å². The van der Waals surface area contributed by atoms with E-state index < -0.39 is 15.6 Å². The predicted molar refractivity (Wildman–Crippen MR) is 49.3 cm³/mol. The Balaban J connectivity index is -0.0000000220. The fourth-order valence-corrected chi connectivity index (χ4v) is 0. The Kier molecular flexibility index (Phi) is 22.0. The summed E-state index contributed by atoms with van der Waals surface area (Å²) < 4.78 is 17.8. The molecule has 0 radical (unpaired) electrons. The number of phosphoric acid groups is 2. The van der Waals surface area contributed by atoms with Crippen LogP contribution in [0.4, 0.5) is 0 Å². The van der Waals surface area contributed by atoms with Crippen molar-refractivity contribution < 1.29 is 46.5 Å². The molecule has 0 aliphatic carbocycles. The van der Waals surface area contributed by atoms with Gasteiger partial charge in [0.05, 0.1) is 0 Å². The van der Waals surface area contributed by atoms with Gasteiger partial charge in [-0.25, -0.2) is 9.13 Å². The summed E-state index contributed by atoms with van der Waals surface area (Å²) >= 11 is 0. The average molecular weight is 284 g/mol. The zero-order valence-corrected chi connectivity index (χ0v) is 11.3. The minimum atomic E-state index is -4.64. The maximum Gasteiger partial charge on any atom is 2.00 e. The van der Waals surface area contributed by atoms with Crippen molar-refractivity contribution in [3.05, 3.63) is 0 Å². The summed E-state index contributed by atoms with van der Waals surface area (Å²) in [5, 5.41) is 7.57. The fourth-order valence-electron chi connectivity index (χ4n) is 0. The normalized spacial score (nSPS) is 9.71. The predicted octanol–water partition coefficient (Wildman–Crippen LogP) is -2.01. The Hall–Kier alpha value is 1.44. The van der Waals surface area contributed by atoms with Gasteiger partial charge in [-0.2, -0.15) is 0 Å². The minimum Gasteiger partial charge on any atom is -1.00 e. The van der Waals surface area contributed by atoms with Gasteiger partial charge < -0.3 is 37.3 Å². The largest absolute Gasteiger partial charge is 2.00 e. The van der Waals surface area contributed by atoms with E-state index in [4.69, 9.17) is 43.6 Å². The molecule has 12 heteroatoms. The van der Waals surface area contributed by atoms with Gasteiger partial charge in [0.2, 0.25) is 0 Å². The van der Waals surface area contributed by atoms with Crippen LogP contribution in [0.15, 0.2) is 0 Å². The van der Waals surface area contributed by atoms with E-state index >= 15 is 0 Å². The van der Waals surface area contributed by atoms with Crippen LogP contribution in [0.2, 0.25) is 0 Å². The van der Waals surface area contributed by atoms with E-state index in [0.29, 0.717) is 0 Å². The molecule has 0 rings (SSSR count). The van der Waals surface area contributed by atoms with Crippen LogP contribution in [0.25, 0.3) is 0 Å². The number of aliphatic hydroxyl groups is 1. The summed E-state index contributed by atoms with van der Waals surface area (Å²) in [5.41, 5.74) is 0. The Morgan fingerprint density at radius 2 is 0.929 bits per heavy atom. The zero-order valence-electron chi connectivity index (χ0n) is 9.26. The van der Waals surface area contributed by atoms with Gasteiger partial charge in [-0.1, -0.05) is 0 Å². The van der Waals surface area contributed by atoms with E-state index in [2.05, 4.69) is 0 Å². The van der Waals surface area contributed by atoms with Crippen LogP contribution in [-0.4, -0.2) is 78.8 Å². The standard InChI is InChI=1S/C2H6O.Ca.2H3O4P.2H/c1-2-3;;2*1-5(2,3)4;;/h3H,2H2,1H3;;2*(H3,1,2,3,4);;/q;+2;;;2*-1. The number of aliphatic hydroxyl groups excluding tert-OH is 1. The van der Waals surface area contributed by atoms with Gasteiger partial charge >= 0.3 is 53.4 Å². The van der Waals surface area contributed by atoms with Gasteiger partial charge in [0.15, 0.2) is 0 Å². The second-order valence-electron chi connectivity index (χ2n) is 1.34. The van der Waals surface area contributed by atoms with E-state index in [1.165, 1.54) is 0 Å². The molecule has 0 saturated heterocycles. The van der Waals surface area contributed by atoms with Crippen molar-refractivity contribution in [3.63, 3.8) is 0 Å². The van der Waals surface area contributed by atoms with E-state index in [1.54, 1.807) is 6.92 Å². The fraction of sp³-hybridized carbons (Fsp3) is 1.00. The molecule has 9 nitrogen and oxygen atoms in total. The van der Waals surface area contributed by atoms with Crippen molar-refractivity contribution in [1.82, 2.24) is 0 Å². The van der Waals surface area contributed by atoms with Crippen LogP contribution in [0.5, 0.6) is 0 Å². The number of rotatable bonds is 0. The van der Waals surface area contributed by atoms with Gasteiger partial charge in [0, 0.05) is 6.61 Å². The van der Waals surface area contributed by atoms with Gasteiger partial charge in [-0.15, -0.1) is 0 Å². The van der Waals surface area contributed by atoms with Gasteiger partial charge in [-0.3, -0.25) is 0 Å². The Labute approximate surface area is 113 Å². The zero-order chi connectivity index (χ0) is 11.7. The summed E-state index contributed by atoms with van der Waals surface area (Å²) in [5.74, 6) is 0. The Bertz CT molecular complexity index is 153. The van der Waals surface area contributed by atoms with Crippen molar-refractivity contribution in [3.8, 4) is 0 Å². The molecular formula is C2H14CaO9P2. The summed E-state index contributed by atoms with van der Waals surface area (Å²) in [6.07, 6.45) is 0. The first kappa shape index (κ1) is 24.6. The topological polar surface area (TPSA) is 176 Å². The van der Waals surface area contributed by atoms with Crippen molar-refractivity contribution in [2.24, 2.45) is 0 Å². The van der Waals surface area contributed by atoms with E-state index in [9.17, 15) is 0 Å². The third-order valence-electron chi connectivity index (χ3n) is 0. The molecular weight excluding hydrogens is 270 g/mol. The molecule has 0 saturated carbocycles. The smallest absolute Gasteiger partial charge is 1.00 e. The molecule has 0 aromatic heterocycles. The maximum atomic E-state index is 8.88. The SMILES string of the molecule is CCO.O=P(O)(O)O.O=P(O)(O)O.[Ca+2].[H-].[H-]. The third kappa shape index (κ3) is 1000. The first-order valence-corrected chi connectivity index (χ1v) is 5.72. The minimum absolute atomic E-state index is 0. The summed E-state index contributed by atoms with van der Waals surface area (Å²) in [6.45, 7) is 1.93. The molecule has 7 N–H and O–H groups in total. The van der Waals surface area contributed by atoms with E-state index in [1.807, 2.05) is 0 Å². The number of hydrogen-bond donors (Lipinski definition) is 7. The van der Waals surface area contributed by atoms with Crippen LogP contribution in [0.1, 0.15) is 9.78 Å². The first-order valence-electron chi connectivity index (χ1n) is 2.59. The molecule has 0 aromatic rings. The van der Waals surface area contributed by atoms with E-state index in [-0.39, 0.29) is 47.2 Å². The first-order chi connectivity index (χ1) is 5.41. The molecule has 0 unspecified atom stereocenters. The van der Waals surface area contributed by atoms with Crippen LogP contribution in [0.3, 0.4) is 0 Å².